The molecule has 2 aromatic rings. The van der Waals surface area contributed by atoms with Crippen molar-refractivity contribution in [3.05, 3.63) is 59.7 Å². The lowest BCUT2D eigenvalue weighted by molar-refractivity contribution is 0.253. The second-order valence-corrected chi connectivity index (χ2v) is 6.02. The van der Waals surface area contributed by atoms with Crippen LogP contribution in [0.4, 0.5) is 0 Å². The van der Waals surface area contributed by atoms with E-state index >= 15 is 0 Å². The van der Waals surface area contributed by atoms with Crippen LogP contribution in [0.15, 0.2) is 48.5 Å². The average molecular weight is 344 g/mol. The maximum atomic E-state index is 8.75. The first-order chi connectivity index (χ1) is 12.3. The van der Waals surface area contributed by atoms with Gasteiger partial charge in [0.1, 0.15) is 11.5 Å². The highest BCUT2D eigenvalue weighted by Gasteiger charge is 2.00. The minimum atomic E-state index is 0.217. The highest BCUT2D eigenvalue weighted by atomic mass is 16.5. The molecule has 0 amide bonds. The van der Waals surface area contributed by atoms with Gasteiger partial charge in [-0.15, -0.1) is 0 Å². The van der Waals surface area contributed by atoms with E-state index in [1.807, 2.05) is 24.3 Å². The molecule has 25 heavy (non-hydrogen) atoms. The minimum Gasteiger partial charge on any atom is -0.494 e. The number of rotatable bonds is 12. The lowest BCUT2D eigenvalue weighted by Crippen LogP contribution is -1.99. The molecule has 0 saturated carbocycles. The standard InChI is InChI=1S/C21H28O4/c22-13-1-3-15-24-20-9-5-18(6-10-20)17-19-7-11-21(12-8-19)25-16-4-2-14-23/h5-12,22-23H,1-4,13-17H2. The van der Waals surface area contributed by atoms with Crippen molar-refractivity contribution < 1.29 is 19.7 Å². The third-order valence-electron chi connectivity index (χ3n) is 3.90. The van der Waals surface area contributed by atoms with E-state index < -0.39 is 0 Å². The van der Waals surface area contributed by atoms with Crippen molar-refractivity contribution in [1.82, 2.24) is 0 Å². The Kier molecular flexibility index (Phi) is 8.87. The molecule has 0 aliphatic heterocycles. The predicted molar refractivity (Wildman–Crippen MR) is 99.3 cm³/mol. The van der Waals surface area contributed by atoms with Gasteiger partial charge in [0.05, 0.1) is 13.2 Å². The number of ether oxygens (including phenoxy) is 2. The van der Waals surface area contributed by atoms with Crippen LogP contribution in [0.2, 0.25) is 0 Å². The van der Waals surface area contributed by atoms with Crippen molar-refractivity contribution in [2.24, 2.45) is 0 Å². The van der Waals surface area contributed by atoms with Gasteiger partial charge in [0, 0.05) is 13.2 Å². The molecule has 136 valence electrons. The highest BCUT2D eigenvalue weighted by molar-refractivity contribution is 5.34. The molecule has 0 aromatic heterocycles. The average Bonchev–Trinajstić information content (AvgIpc) is 2.65. The van der Waals surface area contributed by atoms with Crippen LogP contribution in [0.25, 0.3) is 0 Å². The smallest absolute Gasteiger partial charge is 0.119 e. The SMILES string of the molecule is OCCCCOc1ccc(Cc2ccc(OCCCCO)cc2)cc1. The summed E-state index contributed by atoms with van der Waals surface area (Å²) >= 11 is 0. The molecule has 4 heteroatoms. The number of hydrogen-bond donors (Lipinski definition) is 2. The molecule has 2 rings (SSSR count). The van der Waals surface area contributed by atoms with E-state index in [9.17, 15) is 0 Å². The zero-order valence-electron chi connectivity index (χ0n) is 14.7. The van der Waals surface area contributed by atoms with Crippen LogP contribution in [0.3, 0.4) is 0 Å². The van der Waals surface area contributed by atoms with Gasteiger partial charge in [0.25, 0.3) is 0 Å². The van der Waals surface area contributed by atoms with Gasteiger partial charge < -0.3 is 19.7 Å². The van der Waals surface area contributed by atoms with E-state index in [1.54, 1.807) is 0 Å². The van der Waals surface area contributed by atoms with Crippen LogP contribution in [0, 0.1) is 0 Å². The number of aliphatic hydroxyl groups is 2. The zero-order chi connectivity index (χ0) is 17.7. The van der Waals surface area contributed by atoms with Crippen molar-refractivity contribution in [2.75, 3.05) is 26.4 Å². The predicted octanol–water partition coefficient (Wildman–Crippen LogP) is 3.58. The van der Waals surface area contributed by atoms with Crippen molar-refractivity contribution in [2.45, 2.75) is 32.1 Å². The van der Waals surface area contributed by atoms with Crippen LogP contribution < -0.4 is 9.47 Å². The third-order valence-corrected chi connectivity index (χ3v) is 3.90. The van der Waals surface area contributed by atoms with Gasteiger partial charge in [-0.2, -0.15) is 0 Å². The first-order valence-corrected chi connectivity index (χ1v) is 8.97. The van der Waals surface area contributed by atoms with Crippen LogP contribution in [-0.4, -0.2) is 36.6 Å². The Morgan fingerprint density at radius 2 is 0.960 bits per heavy atom. The molecule has 0 saturated heterocycles. The molecule has 0 fully saturated rings. The number of aliphatic hydroxyl groups excluding tert-OH is 2. The summed E-state index contributed by atoms with van der Waals surface area (Å²) in [6, 6.07) is 16.3. The van der Waals surface area contributed by atoms with Gasteiger partial charge in [0.2, 0.25) is 0 Å². The van der Waals surface area contributed by atoms with E-state index in [1.165, 1.54) is 11.1 Å². The summed E-state index contributed by atoms with van der Waals surface area (Å²) < 4.78 is 11.3. The molecule has 0 bridgehead atoms. The van der Waals surface area contributed by atoms with E-state index in [0.29, 0.717) is 13.2 Å². The van der Waals surface area contributed by atoms with Crippen LogP contribution in [0.1, 0.15) is 36.8 Å². The lowest BCUT2D eigenvalue weighted by atomic mass is 10.0. The molecule has 0 aliphatic rings. The quantitative estimate of drug-likeness (QED) is 0.578. The zero-order valence-corrected chi connectivity index (χ0v) is 14.7. The van der Waals surface area contributed by atoms with Crippen LogP contribution in [-0.2, 0) is 6.42 Å². The van der Waals surface area contributed by atoms with E-state index in [-0.39, 0.29) is 13.2 Å². The molecular weight excluding hydrogens is 316 g/mol. The number of unbranched alkanes of at least 4 members (excludes halogenated alkanes) is 2. The number of benzene rings is 2. The normalized spacial score (nSPS) is 10.6. The summed E-state index contributed by atoms with van der Waals surface area (Å²) in [6.07, 6.45) is 4.16. The first kappa shape index (κ1) is 19.3. The Balaban J connectivity index is 1.77. The van der Waals surface area contributed by atoms with Gasteiger partial charge in [-0.1, -0.05) is 24.3 Å². The van der Waals surface area contributed by atoms with Crippen LogP contribution in [0.5, 0.6) is 11.5 Å². The molecule has 0 unspecified atom stereocenters. The molecular formula is C21H28O4. The minimum absolute atomic E-state index is 0.217. The monoisotopic (exact) mass is 344 g/mol. The van der Waals surface area contributed by atoms with E-state index in [2.05, 4.69) is 24.3 Å². The number of hydrogen-bond acceptors (Lipinski definition) is 4. The third kappa shape index (κ3) is 7.59. The second-order valence-electron chi connectivity index (χ2n) is 6.02. The fourth-order valence-corrected chi connectivity index (χ4v) is 2.45. The molecule has 2 N–H and O–H groups in total. The summed E-state index contributed by atoms with van der Waals surface area (Å²) in [5.41, 5.74) is 2.47. The van der Waals surface area contributed by atoms with Crippen molar-refractivity contribution in [1.29, 1.82) is 0 Å². The van der Waals surface area contributed by atoms with E-state index in [0.717, 1.165) is 43.6 Å². The highest BCUT2D eigenvalue weighted by Crippen LogP contribution is 2.18. The molecule has 0 aliphatic carbocycles. The van der Waals surface area contributed by atoms with Crippen LogP contribution >= 0.6 is 0 Å². The van der Waals surface area contributed by atoms with Gasteiger partial charge in [0.15, 0.2) is 0 Å². The van der Waals surface area contributed by atoms with Crippen molar-refractivity contribution in [3.8, 4) is 11.5 Å². The molecule has 0 atom stereocenters. The largest absolute Gasteiger partial charge is 0.494 e. The maximum Gasteiger partial charge on any atom is 0.119 e. The van der Waals surface area contributed by atoms with Gasteiger partial charge in [-0.05, 0) is 67.5 Å². The second kappa shape index (κ2) is 11.5. The lowest BCUT2D eigenvalue weighted by Gasteiger charge is -2.08. The Labute approximate surface area is 150 Å². The first-order valence-electron chi connectivity index (χ1n) is 8.97. The summed E-state index contributed by atoms with van der Waals surface area (Å²) in [6.45, 7) is 1.71. The molecule has 0 spiro atoms. The molecule has 0 heterocycles. The Morgan fingerprint density at radius 1 is 0.560 bits per heavy atom. The van der Waals surface area contributed by atoms with Crippen molar-refractivity contribution >= 4 is 0 Å². The summed E-state index contributed by atoms with van der Waals surface area (Å²) in [5.74, 6) is 1.74. The Bertz CT molecular complexity index is 524. The summed E-state index contributed by atoms with van der Waals surface area (Å²) in [4.78, 5) is 0. The van der Waals surface area contributed by atoms with Gasteiger partial charge >= 0.3 is 0 Å². The van der Waals surface area contributed by atoms with E-state index in [4.69, 9.17) is 19.7 Å². The van der Waals surface area contributed by atoms with Crippen molar-refractivity contribution in [3.63, 3.8) is 0 Å². The topological polar surface area (TPSA) is 58.9 Å². The Morgan fingerprint density at radius 3 is 1.32 bits per heavy atom. The maximum absolute atomic E-state index is 8.75. The molecule has 4 nitrogen and oxygen atoms in total. The fraction of sp³-hybridized carbons (Fsp3) is 0.429. The van der Waals surface area contributed by atoms with Gasteiger partial charge in [-0.25, -0.2) is 0 Å². The summed E-state index contributed by atoms with van der Waals surface area (Å²) in [7, 11) is 0. The summed E-state index contributed by atoms with van der Waals surface area (Å²) in [5, 5.41) is 17.5. The fourth-order valence-electron chi connectivity index (χ4n) is 2.45. The Hall–Kier alpha value is -2.04. The molecule has 2 aromatic carbocycles. The van der Waals surface area contributed by atoms with Gasteiger partial charge in [-0.3, -0.25) is 0 Å². The molecule has 0 radical (unpaired) electrons.